The zero-order chi connectivity index (χ0) is 12.4. The van der Waals surface area contributed by atoms with Crippen LogP contribution in [0.5, 0.6) is 0 Å². The molecule has 1 heterocycles. The zero-order valence-corrected chi connectivity index (χ0v) is 11.5. The highest BCUT2D eigenvalue weighted by atomic mass is 35.5. The largest absolute Gasteiger partial charge is 0.330 e. The van der Waals surface area contributed by atoms with Crippen molar-refractivity contribution in [2.75, 3.05) is 6.54 Å². The molecule has 17 heavy (non-hydrogen) atoms. The first-order valence-electron chi connectivity index (χ1n) is 6.54. The Hall–Kier alpha value is -0.540. The van der Waals surface area contributed by atoms with Crippen LogP contribution in [0.25, 0.3) is 0 Å². The second kappa shape index (κ2) is 5.40. The molecule has 0 aromatic carbocycles. The van der Waals surface area contributed by atoms with Crippen molar-refractivity contribution < 1.29 is 0 Å². The van der Waals surface area contributed by atoms with E-state index < -0.39 is 0 Å². The molecule has 0 saturated heterocycles. The summed E-state index contributed by atoms with van der Waals surface area (Å²) in [7, 11) is 1.98. The van der Waals surface area contributed by atoms with Crippen molar-refractivity contribution in [2.24, 2.45) is 24.6 Å². The molecule has 1 aromatic rings. The first kappa shape index (κ1) is 12.9. The molecule has 1 aromatic heterocycles. The van der Waals surface area contributed by atoms with Gasteiger partial charge in [0.1, 0.15) is 0 Å². The van der Waals surface area contributed by atoms with Crippen molar-refractivity contribution in [3.05, 3.63) is 16.9 Å². The van der Waals surface area contributed by atoms with Crippen LogP contribution in [0.1, 0.15) is 44.2 Å². The second-order valence-electron chi connectivity index (χ2n) is 5.19. The van der Waals surface area contributed by atoms with Crippen LogP contribution < -0.4 is 5.73 Å². The number of aromatic nitrogens is 2. The average molecular weight is 256 g/mol. The van der Waals surface area contributed by atoms with E-state index in [1.165, 1.54) is 31.4 Å². The molecule has 96 valence electrons. The van der Waals surface area contributed by atoms with Gasteiger partial charge in [0, 0.05) is 13.0 Å². The molecule has 2 rings (SSSR count). The number of aryl methyl sites for hydroxylation is 1. The number of nitrogens with two attached hydrogens (primary N) is 1. The highest BCUT2D eigenvalue weighted by molar-refractivity contribution is 6.31. The number of nitrogens with zero attached hydrogens (tertiary/aromatic N) is 2. The van der Waals surface area contributed by atoms with Crippen molar-refractivity contribution in [1.29, 1.82) is 0 Å². The molecule has 1 fully saturated rings. The van der Waals surface area contributed by atoms with E-state index in [2.05, 4.69) is 12.0 Å². The van der Waals surface area contributed by atoms with Gasteiger partial charge in [0.25, 0.3) is 0 Å². The molecule has 3 unspecified atom stereocenters. The Labute approximate surface area is 108 Å². The molecule has 1 aliphatic carbocycles. The lowest BCUT2D eigenvalue weighted by Crippen LogP contribution is -2.30. The fourth-order valence-electron chi connectivity index (χ4n) is 3.15. The molecular weight excluding hydrogens is 234 g/mol. The standard InChI is InChI=1S/C13H22ClN3/c1-3-9-4-5-10(7-15)11(6-9)13-12(14)8-16-17(13)2/h8-11H,3-7,15H2,1-2H3. The maximum absolute atomic E-state index is 6.27. The number of hydrogen-bond acceptors (Lipinski definition) is 2. The van der Waals surface area contributed by atoms with Crippen LogP contribution in [-0.2, 0) is 7.05 Å². The number of halogens is 1. The monoisotopic (exact) mass is 255 g/mol. The zero-order valence-electron chi connectivity index (χ0n) is 10.7. The van der Waals surface area contributed by atoms with E-state index in [-0.39, 0.29) is 0 Å². The van der Waals surface area contributed by atoms with Gasteiger partial charge in [-0.1, -0.05) is 31.4 Å². The summed E-state index contributed by atoms with van der Waals surface area (Å²) in [5, 5.41) is 5.05. The van der Waals surface area contributed by atoms with Crippen LogP contribution in [-0.4, -0.2) is 16.3 Å². The van der Waals surface area contributed by atoms with Gasteiger partial charge in [-0.05, 0) is 31.2 Å². The molecule has 0 radical (unpaired) electrons. The van der Waals surface area contributed by atoms with Gasteiger partial charge in [0.2, 0.25) is 0 Å². The van der Waals surface area contributed by atoms with Gasteiger partial charge in [0.15, 0.2) is 0 Å². The van der Waals surface area contributed by atoms with Crippen LogP contribution in [0.4, 0.5) is 0 Å². The Morgan fingerprint density at radius 3 is 2.82 bits per heavy atom. The SMILES string of the molecule is CCC1CCC(CN)C(c2c(Cl)cnn2C)C1. The molecule has 3 nitrogen and oxygen atoms in total. The Balaban J connectivity index is 2.26. The normalized spacial score (nSPS) is 29.5. The lowest BCUT2D eigenvalue weighted by molar-refractivity contribution is 0.229. The number of hydrogen-bond donors (Lipinski definition) is 1. The first-order valence-corrected chi connectivity index (χ1v) is 6.92. The molecule has 0 amide bonds. The Kier molecular flexibility index (Phi) is 4.10. The van der Waals surface area contributed by atoms with Crippen LogP contribution >= 0.6 is 11.6 Å². The molecule has 3 atom stereocenters. The van der Waals surface area contributed by atoms with E-state index in [1.54, 1.807) is 6.20 Å². The summed E-state index contributed by atoms with van der Waals surface area (Å²) in [6, 6.07) is 0. The minimum atomic E-state index is 0.485. The minimum absolute atomic E-state index is 0.485. The van der Waals surface area contributed by atoms with Gasteiger partial charge in [-0.3, -0.25) is 4.68 Å². The quantitative estimate of drug-likeness (QED) is 0.903. The minimum Gasteiger partial charge on any atom is -0.330 e. The van der Waals surface area contributed by atoms with Gasteiger partial charge < -0.3 is 5.73 Å². The lowest BCUT2D eigenvalue weighted by Gasteiger charge is -2.35. The van der Waals surface area contributed by atoms with E-state index in [4.69, 9.17) is 17.3 Å². The van der Waals surface area contributed by atoms with E-state index in [0.29, 0.717) is 11.8 Å². The smallest absolute Gasteiger partial charge is 0.0820 e. The van der Waals surface area contributed by atoms with Crippen LogP contribution in [0, 0.1) is 11.8 Å². The van der Waals surface area contributed by atoms with Gasteiger partial charge in [-0.25, -0.2) is 0 Å². The fraction of sp³-hybridized carbons (Fsp3) is 0.769. The highest BCUT2D eigenvalue weighted by Crippen LogP contribution is 2.43. The van der Waals surface area contributed by atoms with E-state index in [0.717, 1.165) is 17.5 Å². The molecular formula is C13H22ClN3. The van der Waals surface area contributed by atoms with E-state index in [9.17, 15) is 0 Å². The predicted octanol–water partition coefficient (Wildman–Crippen LogP) is 2.94. The summed E-state index contributed by atoms with van der Waals surface area (Å²) in [6.45, 7) is 3.03. The Bertz CT molecular complexity index is 355. The topological polar surface area (TPSA) is 43.8 Å². The van der Waals surface area contributed by atoms with Gasteiger partial charge in [-0.2, -0.15) is 5.10 Å². The van der Waals surface area contributed by atoms with Crippen LogP contribution in [0.3, 0.4) is 0 Å². The summed E-state index contributed by atoms with van der Waals surface area (Å²) in [5.41, 5.74) is 7.09. The molecule has 0 spiro atoms. The van der Waals surface area contributed by atoms with Crippen molar-refractivity contribution in [3.8, 4) is 0 Å². The Morgan fingerprint density at radius 1 is 1.53 bits per heavy atom. The van der Waals surface area contributed by atoms with E-state index >= 15 is 0 Å². The van der Waals surface area contributed by atoms with E-state index in [1.807, 2.05) is 11.7 Å². The maximum atomic E-state index is 6.27. The molecule has 4 heteroatoms. The summed E-state index contributed by atoms with van der Waals surface area (Å²) >= 11 is 6.27. The van der Waals surface area contributed by atoms with Crippen molar-refractivity contribution >= 4 is 11.6 Å². The number of rotatable bonds is 3. The predicted molar refractivity (Wildman–Crippen MR) is 71.1 cm³/mol. The highest BCUT2D eigenvalue weighted by Gasteiger charge is 2.33. The summed E-state index contributed by atoms with van der Waals surface area (Å²) in [5.74, 6) is 1.86. The van der Waals surface area contributed by atoms with Gasteiger partial charge >= 0.3 is 0 Å². The summed E-state index contributed by atoms with van der Waals surface area (Å²) in [6.07, 6.45) is 6.74. The summed E-state index contributed by atoms with van der Waals surface area (Å²) < 4.78 is 1.92. The van der Waals surface area contributed by atoms with Crippen molar-refractivity contribution in [3.63, 3.8) is 0 Å². The maximum Gasteiger partial charge on any atom is 0.0820 e. The average Bonchev–Trinajstić information content (AvgIpc) is 2.68. The summed E-state index contributed by atoms with van der Waals surface area (Å²) in [4.78, 5) is 0. The van der Waals surface area contributed by atoms with Gasteiger partial charge in [0.05, 0.1) is 16.9 Å². The van der Waals surface area contributed by atoms with Crippen molar-refractivity contribution in [2.45, 2.75) is 38.5 Å². The van der Waals surface area contributed by atoms with Gasteiger partial charge in [-0.15, -0.1) is 0 Å². The second-order valence-corrected chi connectivity index (χ2v) is 5.60. The van der Waals surface area contributed by atoms with Crippen LogP contribution in [0.2, 0.25) is 5.02 Å². The molecule has 0 aliphatic heterocycles. The molecule has 2 N–H and O–H groups in total. The third-order valence-electron chi connectivity index (χ3n) is 4.27. The van der Waals surface area contributed by atoms with Crippen LogP contribution in [0.15, 0.2) is 6.20 Å². The third-order valence-corrected chi connectivity index (χ3v) is 4.56. The fourth-order valence-corrected chi connectivity index (χ4v) is 3.45. The Morgan fingerprint density at radius 2 is 2.29 bits per heavy atom. The first-order chi connectivity index (χ1) is 8.17. The van der Waals surface area contributed by atoms with Crippen molar-refractivity contribution in [1.82, 2.24) is 9.78 Å². The molecule has 1 saturated carbocycles. The third kappa shape index (κ3) is 2.50. The molecule has 1 aliphatic rings. The molecule has 0 bridgehead atoms. The lowest BCUT2D eigenvalue weighted by atomic mass is 9.72.